The predicted molar refractivity (Wildman–Crippen MR) is 110 cm³/mol. The molecule has 1 N–H and O–H groups in total. The number of rotatable bonds is 6. The molecule has 0 atom stereocenters. The van der Waals surface area contributed by atoms with Crippen molar-refractivity contribution in [2.75, 3.05) is 5.43 Å². The lowest BCUT2D eigenvalue weighted by Crippen LogP contribution is -1.99. The minimum atomic E-state index is 0.378. The summed E-state index contributed by atoms with van der Waals surface area (Å²) in [7, 11) is 0. The maximum Gasteiger partial charge on any atom is 0.128 e. The van der Waals surface area contributed by atoms with Crippen molar-refractivity contribution in [1.29, 1.82) is 0 Å². The second-order valence-corrected chi connectivity index (χ2v) is 6.71. The molecule has 0 amide bonds. The molecule has 0 heterocycles. The molecule has 0 aromatic heterocycles. The van der Waals surface area contributed by atoms with Gasteiger partial charge >= 0.3 is 0 Å². The molecule has 0 spiro atoms. The maximum atomic E-state index is 6.04. The van der Waals surface area contributed by atoms with Crippen molar-refractivity contribution in [3.05, 3.63) is 92.9 Å². The summed E-state index contributed by atoms with van der Waals surface area (Å²) in [4.78, 5) is 0. The van der Waals surface area contributed by atoms with Crippen LogP contribution in [0.4, 0.5) is 5.69 Å². The Balaban J connectivity index is 1.67. The van der Waals surface area contributed by atoms with Crippen LogP contribution in [0.15, 0.2) is 71.8 Å². The number of anilines is 1. The molecule has 0 aliphatic heterocycles. The molecule has 0 unspecified atom stereocenters. The minimum Gasteiger partial charge on any atom is -0.488 e. The molecule has 26 heavy (non-hydrogen) atoms. The number of nitrogens with zero attached hydrogens (tertiary/aromatic N) is 1. The van der Waals surface area contributed by atoms with Crippen molar-refractivity contribution < 1.29 is 4.74 Å². The Bertz CT molecular complexity index is 928. The SMILES string of the molecule is Clc1cccc(NN=Cc2ccccc2OCc2ccc(Cl)c(Cl)c2)c1. The summed E-state index contributed by atoms with van der Waals surface area (Å²) >= 11 is 17.9. The first-order valence-corrected chi connectivity index (χ1v) is 8.95. The molecule has 0 saturated carbocycles. The normalized spacial score (nSPS) is 10.9. The predicted octanol–water partition coefficient (Wildman–Crippen LogP) is 6.67. The number of hydrogen-bond donors (Lipinski definition) is 1. The highest BCUT2D eigenvalue weighted by Gasteiger charge is 2.04. The van der Waals surface area contributed by atoms with Gasteiger partial charge in [0.1, 0.15) is 12.4 Å². The van der Waals surface area contributed by atoms with E-state index in [4.69, 9.17) is 39.5 Å². The Labute approximate surface area is 167 Å². The number of hydrazone groups is 1. The molecule has 3 aromatic carbocycles. The summed E-state index contributed by atoms with van der Waals surface area (Å²) in [5, 5.41) is 5.92. The van der Waals surface area contributed by atoms with Gasteiger partial charge in [-0.05, 0) is 48.0 Å². The van der Waals surface area contributed by atoms with E-state index in [0.717, 1.165) is 22.6 Å². The number of halogens is 3. The van der Waals surface area contributed by atoms with E-state index in [1.165, 1.54) is 0 Å². The molecule has 132 valence electrons. The average Bonchev–Trinajstić information content (AvgIpc) is 2.64. The standard InChI is InChI=1S/C20H15Cl3N2O/c21-16-5-3-6-17(11-16)25-24-12-15-4-1-2-7-20(15)26-13-14-8-9-18(22)19(23)10-14/h1-12,25H,13H2. The Morgan fingerprint density at radius 3 is 2.54 bits per heavy atom. The number of ether oxygens (including phenoxy) is 1. The van der Waals surface area contributed by atoms with E-state index in [2.05, 4.69) is 10.5 Å². The summed E-state index contributed by atoms with van der Waals surface area (Å²) in [5.41, 5.74) is 5.54. The maximum absolute atomic E-state index is 6.04. The lowest BCUT2D eigenvalue weighted by molar-refractivity contribution is 0.306. The zero-order valence-electron chi connectivity index (χ0n) is 13.6. The van der Waals surface area contributed by atoms with Crippen LogP contribution in [-0.2, 0) is 6.61 Å². The highest BCUT2D eigenvalue weighted by atomic mass is 35.5. The van der Waals surface area contributed by atoms with E-state index in [1.54, 1.807) is 24.4 Å². The van der Waals surface area contributed by atoms with Crippen molar-refractivity contribution in [3.63, 3.8) is 0 Å². The molecule has 3 nitrogen and oxygen atoms in total. The van der Waals surface area contributed by atoms with Gasteiger partial charge in [-0.1, -0.05) is 59.1 Å². The van der Waals surface area contributed by atoms with E-state index < -0.39 is 0 Å². The third-order valence-corrected chi connectivity index (χ3v) is 4.49. The lowest BCUT2D eigenvalue weighted by Gasteiger charge is -2.09. The van der Waals surface area contributed by atoms with E-state index in [-0.39, 0.29) is 0 Å². The quantitative estimate of drug-likeness (QED) is 0.367. The van der Waals surface area contributed by atoms with E-state index in [1.807, 2.05) is 48.5 Å². The second kappa shape index (κ2) is 8.95. The van der Waals surface area contributed by atoms with Gasteiger partial charge in [0.25, 0.3) is 0 Å². The molecule has 0 aliphatic carbocycles. The van der Waals surface area contributed by atoms with Crippen molar-refractivity contribution in [3.8, 4) is 5.75 Å². The Kier molecular flexibility index (Phi) is 6.40. The van der Waals surface area contributed by atoms with Crippen LogP contribution in [0.3, 0.4) is 0 Å². The van der Waals surface area contributed by atoms with Crippen LogP contribution in [0.1, 0.15) is 11.1 Å². The molecule has 6 heteroatoms. The van der Waals surface area contributed by atoms with Gasteiger partial charge in [0.05, 0.1) is 21.9 Å². The summed E-state index contributed by atoms with van der Waals surface area (Å²) in [6, 6.07) is 20.4. The van der Waals surface area contributed by atoms with Gasteiger partial charge in [-0.3, -0.25) is 5.43 Å². The van der Waals surface area contributed by atoms with Gasteiger partial charge < -0.3 is 4.74 Å². The van der Waals surface area contributed by atoms with Crippen LogP contribution in [-0.4, -0.2) is 6.21 Å². The monoisotopic (exact) mass is 404 g/mol. The molecular weight excluding hydrogens is 391 g/mol. The zero-order chi connectivity index (χ0) is 18.4. The fourth-order valence-corrected chi connectivity index (χ4v) is 2.75. The number of nitrogens with one attached hydrogen (secondary N) is 1. The second-order valence-electron chi connectivity index (χ2n) is 5.46. The van der Waals surface area contributed by atoms with Crippen molar-refractivity contribution in [2.24, 2.45) is 5.10 Å². The van der Waals surface area contributed by atoms with Gasteiger partial charge in [0.2, 0.25) is 0 Å². The fourth-order valence-electron chi connectivity index (χ4n) is 2.24. The average molecular weight is 406 g/mol. The molecule has 3 aromatic rings. The molecule has 0 bridgehead atoms. The van der Waals surface area contributed by atoms with E-state index in [9.17, 15) is 0 Å². The van der Waals surface area contributed by atoms with Crippen LogP contribution in [0.25, 0.3) is 0 Å². The Morgan fingerprint density at radius 1 is 0.885 bits per heavy atom. The summed E-state index contributed by atoms with van der Waals surface area (Å²) in [6.07, 6.45) is 1.70. The van der Waals surface area contributed by atoms with Crippen LogP contribution in [0.5, 0.6) is 5.75 Å². The first kappa shape index (κ1) is 18.6. The van der Waals surface area contributed by atoms with E-state index >= 15 is 0 Å². The summed E-state index contributed by atoms with van der Waals surface area (Å²) in [6.45, 7) is 0.378. The fraction of sp³-hybridized carbons (Fsp3) is 0.0500. The van der Waals surface area contributed by atoms with Crippen LogP contribution in [0, 0.1) is 0 Å². The van der Waals surface area contributed by atoms with Crippen LogP contribution >= 0.6 is 34.8 Å². The van der Waals surface area contributed by atoms with Crippen LogP contribution in [0.2, 0.25) is 15.1 Å². The number of benzene rings is 3. The largest absolute Gasteiger partial charge is 0.488 e. The first-order valence-electron chi connectivity index (χ1n) is 7.82. The summed E-state index contributed by atoms with van der Waals surface area (Å²) in [5.74, 6) is 0.718. The van der Waals surface area contributed by atoms with Gasteiger partial charge in [0.15, 0.2) is 0 Å². The Morgan fingerprint density at radius 2 is 1.73 bits per heavy atom. The number of hydrogen-bond acceptors (Lipinski definition) is 3. The topological polar surface area (TPSA) is 33.6 Å². The van der Waals surface area contributed by atoms with Gasteiger partial charge in [-0.15, -0.1) is 0 Å². The third kappa shape index (κ3) is 5.15. The number of para-hydroxylation sites is 1. The van der Waals surface area contributed by atoms with Crippen molar-refractivity contribution in [1.82, 2.24) is 0 Å². The third-order valence-electron chi connectivity index (χ3n) is 3.52. The molecular formula is C20H15Cl3N2O. The van der Waals surface area contributed by atoms with Gasteiger partial charge in [-0.2, -0.15) is 5.10 Å². The highest BCUT2D eigenvalue weighted by molar-refractivity contribution is 6.42. The van der Waals surface area contributed by atoms with Crippen molar-refractivity contribution in [2.45, 2.75) is 6.61 Å². The zero-order valence-corrected chi connectivity index (χ0v) is 15.9. The van der Waals surface area contributed by atoms with E-state index in [0.29, 0.717) is 21.7 Å². The van der Waals surface area contributed by atoms with Gasteiger partial charge in [0, 0.05) is 10.6 Å². The molecule has 0 radical (unpaired) electrons. The molecule has 0 fully saturated rings. The highest BCUT2D eigenvalue weighted by Crippen LogP contribution is 2.24. The summed E-state index contributed by atoms with van der Waals surface area (Å²) < 4.78 is 5.90. The molecule has 0 aliphatic rings. The smallest absolute Gasteiger partial charge is 0.128 e. The minimum absolute atomic E-state index is 0.378. The van der Waals surface area contributed by atoms with Crippen LogP contribution < -0.4 is 10.2 Å². The molecule has 3 rings (SSSR count). The Hall–Kier alpha value is -2.20. The lowest BCUT2D eigenvalue weighted by atomic mass is 10.2. The molecule has 0 saturated heterocycles. The van der Waals surface area contributed by atoms with Gasteiger partial charge in [-0.25, -0.2) is 0 Å². The first-order chi connectivity index (χ1) is 12.6. The van der Waals surface area contributed by atoms with Crippen molar-refractivity contribution >= 4 is 46.7 Å².